The van der Waals surface area contributed by atoms with Gasteiger partial charge >= 0.3 is 5.97 Å². The van der Waals surface area contributed by atoms with Crippen molar-refractivity contribution in [2.24, 2.45) is 34.6 Å². The number of carbonyl (C=O) groups is 2. The van der Waals surface area contributed by atoms with Crippen molar-refractivity contribution < 1.29 is 14.3 Å². The van der Waals surface area contributed by atoms with Gasteiger partial charge in [-0.2, -0.15) is 0 Å². The molecule has 1 aromatic rings. The molecule has 4 saturated carbocycles. The van der Waals surface area contributed by atoms with E-state index >= 15 is 0 Å². The summed E-state index contributed by atoms with van der Waals surface area (Å²) in [6, 6.07) is 9.11. The zero-order valence-corrected chi connectivity index (χ0v) is 16.5. The molecule has 6 heteroatoms. The summed E-state index contributed by atoms with van der Waals surface area (Å²) in [6.45, 7) is 0. The fourth-order valence-electron chi connectivity index (χ4n) is 6.47. The van der Waals surface area contributed by atoms with Crippen molar-refractivity contribution in [2.45, 2.75) is 50.1 Å². The molecule has 0 aliphatic heterocycles. The Hall–Kier alpha value is -1.43. The van der Waals surface area contributed by atoms with E-state index in [1.54, 1.807) is 0 Å². The zero-order valence-electron chi connectivity index (χ0n) is 15.7. The van der Waals surface area contributed by atoms with Crippen LogP contribution in [0, 0.1) is 23.2 Å². The third-order valence-electron chi connectivity index (χ3n) is 6.98. The minimum atomic E-state index is -0.779. The number of ketones is 1. The quantitative estimate of drug-likeness (QED) is 0.749. The van der Waals surface area contributed by atoms with Crippen molar-refractivity contribution in [3.05, 3.63) is 35.9 Å². The average molecular weight is 393 g/mol. The fraction of sp³-hybridized carbons (Fsp3) is 0.619. The lowest BCUT2D eigenvalue weighted by atomic mass is 9.41. The summed E-state index contributed by atoms with van der Waals surface area (Å²) in [7, 11) is 1.41. The molecule has 1 aromatic carbocycles. The molecule has 3 unspecified atom stereocenters. The van der Waals surface area contributed by atoms with E-state index in [1.807, 2.05) is 30.3 Å². The maximum absolute atomic E-state index is 13.5. The minimum Gasteiger partial charge on any atom is -0.469 e. The van der Waals surface area contributed by atoms with Crippen LogP contribution < -0.4 is 11.5 Å². The Morgan fingerprint density at radius 3 is 2.30 bits per heavy atom. The van der Waals surface area contributed by atoms with Gasteiger partial charge in [0.2, 0.25) is 0 Å². The topological polar surface area (TPSA) is 95.4 Å². The van der Waals surface area contributed by atoms with Crippen LogP contribution in [0.1, 0.15) is 37.7 Å². The van der Waals surface area contributed by atoms with Crippen LogP contribution in [0.5, 0.6) is 0 Å². The average Bonchev–Trinajstić information content (AvgIpc) is 2.59. The third-order valence-corrected chi connectivity index (χ3v) is 6.98. The van der Waals surface area contributed by atoms with Crippen LogP contribution in [0.3, 0.4) is 0 Å². The van der Waals surface area contributed by atoms with Crippen molar-refractivity contribution in [1.29, 1.82) is 0 Å². The van der Waals surface area contributed by atoms with Gasteiger partial charge in [-0.3, -0.25) is 9.59 Å². The second-order valence-corrected chi connectivity index (χ2v) is 8.80. The monoisotopic (exact) mass is 392 g/mol. The number of carbonyl (C=O) groups excluding carboxylic acids is 2. The Balaban J connectivity index is 0.00000210. The second kappa shape index (κ2) is 7.19. The van der Waals surface area contributed by atoms with E-state index in [4.69, 9.17) is 16.2 Å². The first kappa shape index (κ1) is 20.3. The maximum Gasteiger partial charge on any atom is 0.312 e. The molecule has 0 aromatic heterocycles. The number of Topliss-reactive ketones (excluding diaryl/α,β-unsaturated/α-hetero) is 1. The number of nitrogens with two attached hydrogens (primary N) is 2. The van der Waals surface area contributed by atoms with Gasteiger partial charge in [-0.25, -0.2) is 0 Å². The SMILES string of the molecule is COC(=O)C12CC3CC(CC(N)(C3)C1C(=O)[C@@H](N)Cc1ccccc1)C2.Cl. The Labute approximate surface area is 166 Å². The van der Waals surface area contributed by atoms with Gasteiger partial charge in [-0.15, -0.1) is 12.4 Å². The first-order valence-corrected chi connectivity index (χ1v) is 9.58. The summed E-state index contributed by atoms with van der Waals surface area (Å²) in [5.74, 6) is -0.0387. The maximum atomic E-state index is 13.5. The molecule has 5 rings (SSSR count). The van der Waals surface area contributed by atoms with Crippen molar-refractivity contribution in [1.82, 2.24) is 0 Å². The van der Waals surface area contributed by atoms with Gasteiger partial charge in [0.25, 0.3) is 0 Å². The molecule has 4 aliphatic carbocycles. The van der Waals surface area contributed by atoms with Gasteiger partial charge in [0.15, 0.2) is 5.78 Å². The minimum absolute atomic E-state index is 0. The van der Waals surface area contributed by atoms with Gasteiger partial charge in [-0.05, 0) is 55.9 Å². The number of hydrogen-bond acceptors (Lipinski definition) is 5. The molecular formula is C21H29ClN2O3. The second-order valence-electron chi connectivity index (χ2n) is 8.80. The zero-order chi connectivity index (χ0) is 18.5. The first-order valence-electron chi connectivity index (χ1n) is 9.58. The molecule has 4 atom stereocenters. The lowest BCUT2D eigenvalue weighted by Crippen LogP contribution is -2.72. The van der Waals surface area contributed by atoms with Crippen LogP contribution in [-0.4, -0.2) is 30.4 Å². The molecular weight excluding hydrogens is 364 g/mol. The standard InChI is InChI=1S/C21H28N2O3.ClH/c1-26-19(25)20-9-14-7-15(10-20)12-21(23,11-14)18(20)17(24)16(22)8-13-5-3-2-4-6-13;/h2-6,14-16,18H,7-12,22-23H2,1H3;1H/t14?,15?,16-,18?,20?,21?;/m0./s1. The van der Waals surface area contributed by atoms with E-state index in [-0.39, 0.29) is 24.2 Å². The van der Waals surface area contributed by atoms with Crippen LogP contribution in [0.15, 0.2) is 30.3 Å². The number of esters is 1. The smallest absolute Gasteiger partial charge is 0.312 e. The number of ether oxygens (including phenoxy) is 1. The van der Waals surface area contributed by atoms with Gasteiger partial charge in [0.05, 0.1) is 24.5 Å². The summed E-state index contributed by atoms with van der Waals surface area (Å²) < 4.78 is 5.17. The predicted octanol–water partition coefficient (Wildman–Crippen LogP) is 2.24. The molecule has 4 aliphatic rings. The molecule has 0 amide bonds. The van der Waals surface area contributed by atoms with Gasteiger partial charge in [-0.1, -0.05) is 30.3 Å². The number of rotatable bonds is 5. The van der Waals surface area contributed by atoms with Crippen molar-refractivity contribution in [3.8, 4) is 0 Å². The van der Waals surface area contributed by atoms with Crippen LogP contribution in [0.4, 0.5) is 0 Å². The summed E-state index contributed by atoms with van der Waals surface area (Å²) in [5.41, 5.74) is 12.7. The fourth-order valence-corrected chi connectivity index (χ4v) is 6.47. The lowest BCUT2D eigenvalue weighted by molar-refractivity contribution is -0.188. The van der Waals surface area contributed by atoms with Crippen LogP contribution in [0.2, 0.25) is 0 Å². The highest BCUT2D eigenvalue weighted by molar-refractivity contribution is 5.94. The van der Waals surface area contributed by atoms with Crippen LogP contribution in [0.25, 0.3) is 0 Å². The van der Waals surface area contributed by atoms with Crippen LogP contribution >= 0.6 is 12.4 Å². The van der Waals surface area contributed by atoms with Crippen molar-refractivity contribution >= 4 is 24.2 Å². The summed E-state index contributed by atoms with van der Waals surface area (Å²) in [5, 5.41) is 0. The summed E-state index contributed by atoms with van der Waals surface area (Å²) in [6.07, 6.45) is 4.64. The van der Waals surface area contributed by atoms with E-state index in [0.717, 1.165) is 24.8 Å². The van der Waals surface area contributed by atoms with E-state index < -0.39 is 22.9 Å². The Morgan fingerprint density at radius 2 is 1.74 bits per heavy atom. The Bertz CT molecular complexity index is 709. The number of methoxy groups -OCH3 is 1. The third kappa shape index (κ3) is 3.20. The van der Waals surface area contributed by atoms with Crippen molar-refractivity contribution in [3.63, 3.8) is 0 Å². The van der Waals surface area contributed by atoms with Gasteiger partial charge in [0.1, 0.15) is 0 Å². The van der Waals surface area contributed by atoms with E-state index in [9.17, 15) is 9.59 Å². The largest absolute Gasteiger partial charge is 0.469 e. The number of hydrogen-bond donors (Lipinski definition) is 2. The molecule has 4 fully saturated rings. The van der Waals surface area contributed by atoms with E-state index in [1.165, 1.54) is 7.11 Å². The Kier molecular flexibility index (Phi) is 5.41. The van der Waals surface area contributed by atoms with Gasteiger partial charge in [0, 0.05) is 5.54 Å². The molecule has 0 heterocycles. The molecule has 5 nitrogen and oxygen atoms in total. The first-order chi connectivity index (χ1) is 12.4. The predicted molar refractivity (Wildman–Crippen MR) is 105 cm³/mol. The number of halogens is 1. The molecule has 0 radical (unpaired) electrons. The lowest BCUT2D eigenvalue weighted by Gasteiger charge is -2.63. The highest BCUT2D eigenvalue weighted by Crippen LogP contribution is 2.64. The summed E-state index contributed by atoms with van der Waals surface area (Å²) in [4.78, 5) is 26.3. The molecule has 4 bridgehead atoms. The summed E-state index contributed by atoms with van der Waals surface area (Å²) >= 11 is 0. The van der Waals surface area contributed by atoms with E-state index in [2.05, 4.69) is 0 Å². The molecule has 0 saturated heterocycles. The van der Waals surface area contributed by atoms with Crippen molar-refractivity contribution in [2.75, 3.05) is 7.11 Å². The normalized spacial score (nSPS) is 37.4. The molecule has 27 heavy (non-hydrogen) atoms. The highest BCUT2D eigenvalue weighted by atomic mass is 35.5. The van der Waals surface area contributed by atoms with E-state index in [0.29, 0.717) is 31.1 Å². The molecule has 4 N–H and O–H groups in total. The number of benzene rings is 1. The Morgan fingerprint density at radius 1 is 1.15 bits per heavy atom. The molecule has 0 spiro atoms. The van der Waals surface area contributed by atoms with Gasteiger partial charge < -0.3 is 16.2 Å². The highest BCUT2D eigenvalue weighted by Gasteiger charge is 2.68. The molecule has 148 valence electrons. The van der Waals surface area contributed by atoms with Crippen LogP contribution in [-0.2, 0) is 20.7 Å².